The molecule has 0 aliphatic heterocycles. The molecular weight excluding hydrogens is 514 g/mol. The van der Waals surface area contributed by atoms with Gasteiger partial charge in [0.25, 0.3) is 0 Å². The minimum absolute atomic E-state index is 0.0555. The van der Waals surface area contributed by atoms with Crippen molar-refractivity contribution in [3.63, 3.8) is 0 Å². The van der Waals surface area contributed by atoms with Crippen LogP contribution in [0.1, 0.15) is 28.5 Å². The first kappa shape index (κ1) is 22.1. The van der Waals surface area contributed by atoms with E-state index in [0.29, 0.717) is 25.3 Å². The maximum absolute atomic E-state index is 13.8. The number of benzene rings is 1. The predicted octanol–water partition coefficient (Wildman–Crippen LogP) is 5.05. The molecule has 0 saturated heterocycles. The summed E-state index contributed by atoms with van der Waals surface area (Å²) in [6.07, 6.45) is -4.00. The van der Waals surface area contributed by atoms with Gasteiger partial charge in [0.05, 0.1) is 25.6 Å². The van der Waals surface area contributed by atoms with Crippen molar-refractivity contribution < 1.29 is 27.4 Å². The number of carbonyl (C=O) groups is 1. The lowest BCUT2D eigenvalue weighted by molar-refractivity contribution is -0.143. The van der Waals surface area contributed by atoms with Crippen LogP contribution in [-0.2, 0) is 10.9 Å². The van der Waals surface area contributed by atoms with E-state index in [4.69, 9.17) is 9.47 Å². The number of aryl methyl sites for hydroxylation is 1. The van der Waals surface area contributed by atoms with Crippen LogP contribution >= 0.6 is 22.6 Å². The number of halogens is 4. The van der Waals surface area contributed by atoms with Crippen molar-refractivity contribution >= 4 is 28.6 Å². The SMILES string of the molecule is CCOC(=O)c1cnn(-c2cc(I)cc(-c3cc(C)ccc3OC)n2)c1C(F)(F)F. The zero-order chi connectivity index (χ0) is 22.1. The Balaban J connectivity index is 2.21. The summed E-state index contributed by atoms with van der Waals surface area (Å²) in [6, 6.07) is 8.63. The minimum Gasteiger partial charge on any atom is -0.496 e. The lowest BCUT2D eigenvalue weighted by Crippen LogP contribution is -2.19. The molecule has 0 radical (unpaired) electrons. The van der Waals surface area contributed by atoms with E-state index in [2.05, 4.69) is 10.1 Å². The van der Waals surface area contributed by atoms with Crippen LogP contribution in [0, 0.1) is 10.5 Å². The van der Waals surface area contributed by atoms with Gasteiger partial charge >= 0.3 is 12.1 Å². The van der Waals surface area contributed by atoms with Crippen LogP contribution < -0.4 is 4.74 Å². The van der Waals surface area contributed by atoms with Gasteiger partial charge in [-0.3, -0.25) is 0 Å². The fraction of sp³-hybridized carbons (Fsp3) is 0.250. The van der Waals surface area contributed by atoms with Gasteiger partial charge in [0, 0.05) is 9.13 Å². The normalized spacial score (nSPS) is 11.4. The molecule has 3 rings (SSSR count). The summed E-state index contributed by atoms with van der Waals surface area (Å²) < 4.78 is 52.8. The molecule has 6 nitrogen and oxygen atoms in total. The molecule has 0 atom stereocenters. The summed E-state index contributed by atoms with van der Waals surface area (Å²) in [4.78, 5) is 16.4. The van der Waals surface area contributed by atoms with Gasteiger partial charge in [-0.05, 0) is 60.7 Å². The zero-order valence-corrected chi connectivity index (χ0v) is 18.4. The Labute approximate surface area is 184 Å². The number of nitrogens with zero attached hydrogens (tertiary/aromatic N) is 3. The number of carbonyl (C=O) groups excluding carboxylic acids is 1. The monoisotopic (exact) mass is 531 g/mol. The number of aromatic nitrogens is 3. The molecule has 0 N–H and O–H groups in total. The number of rotatable bonds is 5. The van der Waals surface area contributed by atoms with Gasteiger partial charge in [-0.15, -0.1) is 0 Å². The summed E-state index contributed by atoms with van der Waals surface area (Å²) in [7, 11) is 1.50. The van der Waals surface area contributed by atoms with Crippen molar-refractivity contribution in [2.24, 2.45) is 0 Å². The van der Waals surface area contributed by atoms with Gasteiger partial charge in [0.2, 0.25) is 0 Å². The highest BCUT2D eigenvalue weighted by molar-refractivity contribution is 14.1. The maximum atomic E-state index is 13.8. The standard InChI is InChI=1S/C20H17F3IN3O3/c1-4-30-19(28)14-10-25-27(18(14)20(21,22)23)17-9-12(24)8-15(26-17)13-7-11(2)5-6-16(13)29-3/h5-10H,4H2,1-3H3. The van der Waals surface area contributed by atoms with E-state index in [9.17, 15) is 18.0 Å². The van der Waals surface area contributed by atoms with Crippen LogP contribution in [0.5, 0.6) is 5.75 Å². The average Bonchev–Trinajstić information content (AvgIpc) is 3.13. The predicted molar refractivity (Wildman–Crippen MR) is 112 cm³/mol. The number of esters is 1. The number of hydrogen-bond donors (Lipinski definition) is 0. The van der Waals surface area contributed by atoms with E-state index >= 15 is 0 Å². The third-order valence-corrected chi connectivity index (χ3v) is 4.78. The summed E-state index contributed by atoms with van der Waals surface area (Å²) in [6.45, 7) is 3.34. The Morgan fingerprint density at radius 3 is 2.60 bits per heavy atom. The van der Waals surface area contributed by atoms with Crippen LogP contribution in [0.2, 0.25) is 0 Å². The molecule has 1 aromatic carbocycles. The Hall–Kier alpha value is -2.63. The molecule has 10 heteroatoms. The van der Waals surface area contributed by atoms with E-state index in [0.717, 1.165) is 11.8 Å². The second kappa shape index (κ2) is 8.62. The van der Waals surface area contributed by atoms with E-state index in [1.807, 2.05) is 41.6 Å². The fourth-order valence-electron chi connectivity index (χ4n) is 2.91. The summed E-state index contributed by atoms with van der Waals surface area (Å²) in [5, 5.41) is 3.79. The first-order valence-corrected chi connectivity index (χ1v) is 9.89. The number of methoxy groups -OCH3 is 1. The summed E-state index contributed by atoms with van der Waals surface area (Å²) in [5.74, 6) is -0.643. The summed E-state index contributed by atoms with van der Waals surface area (Å²) in [5.41, 5.74) is 0.0762. The largest absolute Gasteiger partial charge is 0.496 e. The van der Waals surface area contributed by atoms with Crippen molar-refractivity contribution in [1.82, 2.24) is 14.8 Å². The minimum atomic E-state index is -4.84. The van der Waals surface area contributed by atoms with Crippen LogP contribution in [0.15, 0.2) is 36.5 Å². The Kier molecular flexibility index (Phi) is 6.34. The molecular formula is C20H17F3IN3O3. The van der Waals surface area contributed by atoms with E-state index in [1.165, 1.54) is 20.1 Å². The van der Waals surface area contributed by atoms with Crippen molar-refractivity contribution in [3.8, 4) is 22.8 Å². The van der Waals surface area contributed by atoms with Crippen LogP contribution in [0.25, 0.3) is 17.1 Å². The van der Waals surface area contributed by atoms with Crippen molar-refractivity contribution in [1.29, 1.82) is 0 Å². The maximum Gasteiger partial charge on any atom is 0.434 e. The third kappa shape index (κ3) is 4.42. The molecule has 0 saturated carbocycles. The molecule has 0 amide bonds. The highest BCUT2D eigenvalue weighted by atomic mass is 127. The molecule has 30 heavy (non-hydrogen) atoms. The molecule has 2 aromatic heterocycles. The van der Waals surface area contributed by atoms with Gasteiger partial charge in [-0.1, -0.05) is 11.6 Å². The van der Waals surface area contributed by atoms with Gasteiger partial charge in [0.1, 0.15) is 11.3 Å². The Morgan fingerprint density at radius 2 is 1.97 bits per heavy atom. The number of ether oxygens (including phenoxy) is 2. The van der Waals surface area contributed by atoms with Crippen LogP contribution in [0.3, 0.4) is 0 Å². The molecule has 0 fully saturated rings. The molecule has 2 heterocycles. The second-order valence-corrected chi connectivity index (χ2v) is 7.52. The first-order valence-electron chi connectivity index (χ1n) is 8.81. The highest BCUT2D eigenvalue weighted by Crippen LogP contribution is 2.35. The number of alkyl halides is 3. The highest BCUT2D eigenvalue weighted by Gasteiger charge is 2.41. The zero-order valence-electron chi connectivity index (χ0n) is 16.2. The van der Waals surface area contributed by atoms with E-state index in [1.54, 1.807) is 12.1 Å². The second-order valence-electron chi connectivity index (χ2n) is 6.27. The van der Waals surface area contributed by atoms with Gasteiger partial charge in [-0.25, -0.2) is 14.5 Å². The molecule has 0 bridgehead atoms. The Morgan fingerprint density at radius 1 is 1.23 bits per heavy atom. The lowest BCUT2D eigenvalue weighted by Gasteiger charge is -2.14. The number of hydrogen-bond acceptors (Lipinski definition) is 5. The van der Waals surface area contributed by atoms with Crippen molar-refractivity contribution in [3.05, 3.63) is 56.9 Å². The molecule has 158 valence electrons. The molecule has 0 unspecified atom stereocenters. The third-order valence-electron chi connectivity index (χ3n) is 4.16. The molecule has 0 aliphatic carbocycles. The molecule has 0 spiro atoms. The number of pyridine rings is 1. The van der Waals surface area contributed by atoms with Gasteiger partial charge < -0.3 is 9.47 Å². The molecule has 3 aromatic rings. The van der Waals surface area contributed by atoms with Crippen molar-refractivity contribution in [2.75, 3.05) is 13.7 Å². The van der Waals surface area contributed by atoms with E-state index < -0.39 is 23.4 Å². The topological polar surface area (TPSA) is 66.2 Å². The van der Waals surface area contributed by atoms with Crippen LogP contribution in [0.4, 0.5) is 13.2 Å². The fourth-order valence-corrected chi connectivity index (χ4v) is 3.48. The first-order chi connectivity index (χ1) is 14.2. The molecule has 0 aliphatic rings. The Bertz CT molecular complexity index is 1100. The lowest BCUT2D eigenvalue weighted by atomic mass is 10.1. The average molecular weight is 531 g/mol. The van der Waals surface area contributed by atoms with Gasteiger partial charge in [-0.2, -0.15) is 18.3 Å². The smallest absolute Gasteiger partial charge is 0.434 e. The summed E-state index contributed by atoms with van der Waals surface area (Å²) >= 11 is 1.99. The van der Waals surface area contributed by atoms with Crippen molar-refractivity contribution in [2.45, 2.75) is 20.0 Å². The quantitative estimate of drug-likeness (QED) is 0.341. The van der Waals surface area contributed by atoms with Gasteiger partial charge in [0.15, 0.2) is 11.5 Å². The van der Waals surface area contributed by atoms with E-state index in [-0.39, 0.29) is 12.4 Å². The van der Waals surface area contributed by atoms with Crippen LogP contribution in [-0.4, -0.2) is 34.5 Å².